The molecule has 4 rings (SSSR count). The van der Waals surface area contributed by atoms with Crippen molar-refractivity contribution in [3.8, 4) is 0 Å². The van der Waals surface area contributed by atoms with Crippen LogP contribution in [0.5, 0.6) is 0 Å². The number of nitrogens with one attached hydrogen (secondary N) is 2. The van der Waals surface area contributed by atoms with Crippen molar-refractivity contribution >= 4 is 29.2 Å². The number of fused-ring (bicyclic) bond motifs is 1. The van der Waals surface area contributed by atoms with Crippen molar-refractivity contribution in [3.05, 3.63) is 29.8 Å². The van der Waals surface area contributed by atoms with Gasteiger partial charge in [-0.2, -0.15) is 0 Å². The lowest BCUT2D eigenvalue weighted by atomic mass is 9.88. The van der Waals surface area contributed by atoms with Gasteiger partial charge in [0.25, 0.3) is 11.8 Å². The third-order valence-corrected chi connectivity index (χ3v) is 8.27. The van der Waals surface area contributed by atoms with Crippen LogP contribution >= 0.6 is 0 Å². The Labute approximate surface area is 244 Å². The number of hydrogen-bond donors (Lipinski definition) is 2. The molecule has 3 aliphatic rings. The van der Waals surface area contributed by atoms with Crippen molar-refractivity contribution in [3.63, 3.8) is 0 Å². The molecule has 41 heavy (non-hydrogen) atoms. The molecule has 2 N–H and O–H groups in total. The van der Waals surface area contributed by atoms with Crippen LogP contribution in [0.4, 0.5) is 5.69 Å². The summed E-state index contributed by atoms with van der Waals surface area (Å²) in [7, 11) is 1.52. The Morgan fingerprint density at radius 2 is 1.68 bits per heavy atom. The zero-order valence-corrected chi connectivity index (χ0v) is 25.4. The molecule has 3 heterocycles. The van der Waals surface area contributed by atoms with Crippen LogP contribution in [0.1, 0.15) is 64.2 Å². The molecule has 10 nitrogen and oxygen atoms in total. The molecule has 4 unspecified atom stereocenters. The molecule has 0 saturated carbocycles. The highest BCUT2D eigenvalue weighted by atomic mass is 16.5. The van der Waals surface area contributed by atoms with Crippen LogP contribution in [-0.2, 0) is 19.1 Å². The Hall–Kier alpha value is -2.98. The molecular formula is C31H47N5O5. The number of ketones is 1. The molecule has 3 fully saturated rings. The largest absolute Gasteiger partial charge is 0.372 e. The van der Waals surface area contributed by atoms with Gasteiger partial charge in [-0.05, 0) is 54.9 Å². The summed E-state index contributed by atoms with van der Waals surface area (Å²) in [6.07, 6.45) is 0.865. The van der Waals surface area contributed by atoms with Crippen LogP contribution in [-0.4, -0.2) is 104 Å². The summed E-state index contributed by atoms with van der Waals surface area (Å²) in [4.78, 5) is 59.2. The summed E-state index contributed by atoms with van der Waals surface area (Å²) in [6, 6.07) is 5.65. The van der Waals surface area contributed by atoms with E-state index in [4.69, 9.17) is 4.74 Å². The van der Waals surface area contributed by atoms with Gasteiger partial charge in [-0.1, -0.05) is 34.6 Å². The molecule has 3 aliphatic heterocycles. The van der Waals surface area contributed by atoms with Gasteiger partial charge >= 0.3 is 0 Å². The van der Waals surface area contributed by atoms with Crippen LogP contribution in [0.3, 0.4) is 0 Å². The van der Waals surface area contributed by atoms with Crippen LogP contribution in [0.15, 0.2) is 24.3 Å². The van der Waals surface area contributed by atoms with Crippen LogP contribution in [0, 0.1) is 11.3 Å². The van der Waals surface area contributed by atoms with Crippen LogP contribution in [0.2, 0.25) is 0 Å². The van der Waals surface area contributed by atoms with E-state index in [-0.39, 0.29) is 47.4 Å². The molecule has 3 saturated heterocycles. The summed E-state index contributed by atoms with van der Waals surface area (Å²) in [5, 5.41) is 6.29. The number of carbonyl (C=O) groups excluding carboxylic acids is 4. The van der Waals surface area contributed by atoms with Gasteiger partial charge in [0, 0.05) is 51.1 Å². The zero-order chi connectivity index (χ0) is 29.9. The summed E-state index contributed by atoms with van der Waals surface area (Å²) >= 11 is 0. The highest BCUT2D eigenvalue weighted by molar-refractivity contribution is 6.01. The van der Waals surface area contributed by atoms with Crippen molar-refractivity contribution in [2.45, 2.75) is 78.1 Å². The monoisotopic (exact) mass is 569 g/mol. The van der Waals surface area contributed by atoms with Gasteiger partial charge in [0.05, 0.1) is 12.6 Å². The third kappa shape index (κ3) is 7.27. The molecule has 226 valence electrons. The van der Waals surface area contributed by atoms with E-state index in [0.717, 1.165) is 31.9 Å². The van der Waals surface area contributed by atoms with Gasteiger partial charge in [0.15, 0.2) is 5.78 Å². The Balaban J connectivity index is 1.45. The molecular weight excluding hydrogens is 522 g/mol. The first-order valence-corrected chi connectivity index (χ1v) is 14.9. The van der Waals surface area contributed by atoms with Crippen molar-refractivity contribution in [2.75, 3.05) is 51.3 Å². The number of anilines is 1. The summed E-state index contributed by atoms with van der Waals surface area (Å²) in [6.45, 7) is 14.2. The molecule has 0 aromatic heterocycles. The highest BCUT2D eigenvalue weighted by Crippen LogP contribution is 2.33. The molecule has 1 aromatic rings. The van der Waals surface area contributed by atoms with Crippen molar-refractivity contribution in [1.82, 2.24) is 20.4 Å². The van der Waals surface area contributed by atoms with Gasteiger partial charge in [0.2, 0.25) is 5.91 Å². The number of methoxy groups -OCH3 is 1. The lowest BCUT2D eigenvalue weighted by Gasteiger charge is -2.31. The van der Waals surface area contributed by atoms with Crippen molar-refractivity contribution < 1.29 is 23.9 Å². The van der Waals surface area contributed by atoms with E-state index in [0.29, 0.717) is 31.4 Å². The van der Waals surface area contributed by atoms with Gasteiger partial charge in [-0.3, -0.25) is 19.2 Å². The third-order valence-electron chi connectivity index (χ3n) is 8.27. The second-order valence-electron chi connectivity index (χ2n) is 13.2. The molecule has 0 aliphatic carbocycles. The molecule has 0 spiro atoms. The maximum absolute atomic E-state index is 13.9. The molecule has 10 heteroatoms. The first-order valence-electron chi connectivity index (χ1n) is 14.9. The number of nitrogens with zero attached hydrogens (tertiary/aromatic N) is 3. The number of ether oxygens (including phenoxy) is 1. The minimum absolute atomic E-state index is 0.0252. The van der Waals surface area contributed by atoms with Crippen molar-refractivity contribution in [1.29, 1.82) is 0 Å². The fourth-order valence-electron chi connectivity index (χ4n) is 6.25. The summed E-state index contributed by atoms with van der Waals surface area (Å²) < 4.78 is 5.53. The van der Waals surface area contributed by atoms with E-state index in [9.17, 15) is 19.2 Å². The number of amides is 3. The lowest BCUT2D eigenvalue weighted by Crippen LogP contribution is -2.53. The Bertz CT molecular complexity index is 1110. The van der Waals surface area contributed by atoms with Gasteiger partial charge in [-0.25, -0.2) is 0 Å². The van der Waals surface area contributed by atoms with Gasteiger partial charge in [-0.15, -0.1) is 0 Å². The lowest BCUT2D eigenvalue weighted by molar-refractivity contribution is -0.145. The van der Waals surface area contributed by atoms with Gasteiger partial charge in [0.1, 0.15) is 18.2 Å². The first-order chi connectivity index (χ1) is 19.4. The molecule has 4 atom stereocenters. The maximum atomic E-state index is 13.9. The predicted octanol–water partition coefficient (Wildman–Crippen LogP) is 2.07. The normalized spacial score (nSPS) is 22.6. The smallest absolute Gasteiger partial charge is 0.252 e. The number of Topliss-reactive ketones (excluding diaryl/α,β-unsaturated/α-hetero) is 1. The van der Waals surface area contributed by atoms with Crippen molar-refractivity contribution in [2.24, 2.45) is 11.3 Å². The first kappa shape index (κ1) is 31.0. The molecule has 0 radical (unpaired) electrons. The van der Waals surface area contributed by atoms with E-state index in [1.165, 1.54) is 7.11 Å². The average molecular weight is 570 g/mol. The minimum Gasteiger partial charge on any atom is -0.372 e. The SMILES string of the molecule is COC(CC(C)(C)C)C(=O)N1CC(=O)C2C1CCN2C(=O)C(CC(C)C)NC(=O)c1ccc(N2CCNCC2)cc1. The average Bonchev–Trinajstić information content (AvgIpc) is 3.51. The van der Waals surface area contributed by atoms with E-state index >= 15 is 0 Å². The Morgan fingerprint density at radius 1 is 1.02 bits per heavy atom. The summed E-state index contributed by atoms with van der Waals surface area (Å²) in [5.74, 6) is -0.773. The van der Waals surface area contributed by atoms with E-state index in [2.05, 4.69) is 15.5 Å². The molecule has 3 amide bonds. The maximum Gasteiger partial charge on any atom is 0.252 e. The topological polar surface area (TPSA) is 111 Å². The van der Waals surface area contributed by atoms with Crippen LogP contribution in [0.25, 0.3) is 0 Å². The molecule has 1 aromatic carbocycles. The minimum atomic E-state index is -0.765. The number of benzene rings is 1. The second-order valence-corrected chi connectivity index (χ2v) is 13.2. The molecule has 0 bridgehead atoms. The zero-order valence-electron chi connectivity index (χ0n) is 25.4. The number of hydrogen-bond acceptors (Lipinski definition) is 7. The number of piperazine rings is 1. The standard InChI is InChI=1S/C31H47N5O5/c1-20(2)17-23(33-28(38)21-7-9-22(10-8-21)34-15-12-32-13-16-34)29(39)35-14-11-24-27(35)25(37)19-36(24)30(40)26(41-6)18-31(3,4)5/h7-10,20,23-24,26-27,32H,11-19H2,1-6H3,(H,33,38). The second kappa shape index (κ2) is 12.9. The van der Waals surface area contributed by atoms with E-state index < -0.39 is 18.2 Å². The highest BCUT2D eigenvalue weighted by Gasteiger charge is 2.53. The Morgan fingerprint density at radius 3 is 2.27 bits per heavy atom. The fourth-order valence-corrected chi connectivity index (χ4v) is 6.25. The van der Waals surface area contributed by atoms with E-state index in [1.807, 2.05) is 46.8 Å². The fraction of sp³-hybridized carbons (Fsp3) is 0.677. The number of likely N-dealkylation sites (tertiary alicyclic amines) is 2. The number of rotatable bonds is 9. The van der Waals surface area contributed by atoms with Crippen LogP contribution < -0.4 is 15.5 Å². The quantitative estimate of drug-likeness (QED) is 0.469. The Kier molecular flexibility index (Phi) is 9.74. The van der Waals surface area contributed by atoms with E-state index in [1.54, 1.807) is 21.9 Å². The van der Waals surface area contributed by atoms with Gasteiger partial charge < -0.3 is 30.1 Å². The number of carbonyl (C=O) groups is 4. The predicted molar refractivity (Wildman–Crippen MR) is 158 cm³/mol. The summed E-state index contributed by atoms with van der Waals surface area (Å²) in [5.41, 5.74) is 1.44.